The van der Waals surface area contributed by atoms with Crippen LogP contribution in [0.1, 0.15) is 0 Å². The minimum Gasteiger partial charge on any atom is -0.383 e. The first-order valence-electron chi connectivity index (χ1n) is 4.55. The van der Waals surface area contributed by atoms with Crippen molar-refractivity contribution in [1.82, 2.24) is 9.38 Å². The summed E-state index contributed by atoms with van der Waals surface area (Å²) in [6, 6.07) is 4.03. The predicted octanol–water partition coefficient (Wildman–Crippen LogP) is 1.39. The van der Waals surface area contributed by atoms with Gasteiger partial charge in [0.25, 0.3) is 0 Å². The highest BCUT2D eigenvalue weighted by Crippen LogP contribution is 2.09. The van der Waals surface area contributed by atoms with E-state index in [1.54, 1.807) is 13.3 Å². The van der Waals surface area contributed by atoms with Crippen molar-refractivity contribution in [2.24, 2.45) is 0 Å². The average Bonchev–Trinajstić information content (AvgIpc) is 2.65. The van der Waals surface area contributed by atoms with Crippen LogP contribution < -0.4 is 5.32 Å². The van der Waals surface area contributed by atoms with Gasteiger partial charge in [-0.1, -0.05) is 0 Å². The van der Waals surface area contributed by atoms with E-state index in [-0.39, 0.29) is 0 Å². The maximum absolute atomic E-state index is 4.95. The maximum atomic E-state index is 4.95. The molecule has 2 aromatic rings. The number of hydrogen-bond acceptors (Lipinski definition) is 3. The zero-order valence-electron chi connectivity index (χ0n) is 8.10. The minimum atomic E-state index is 0.708. The van der Waals surface area contributed by atoms with E-state index in [1.807, 2.05) is 28.9 Å². The summed E-state index contributed by atoms with van der Waals surface area (Å²) in [4.78, 5) is 4.20. The van der Waals surface area contributed by atoms with Gasteiger partial charge in [0, 0.05) is 44.0 Å². The summed E-state index contributed by atoms with van der Waals surface area (Å²) in [5, 5.41) is 3.25. The molecule has 4 nitrogen and oxygen atoms in total. The van der Waals surface area contributed by atoms with E-state index in [4.69, 9.17) is 4.74 Å². The monoisotopic (exact) mass is 191 g/mol. The van der Waals surface area contributed by atoms with Crippen molar-refractivity contribution in [2.45, 2.75) is 0 Å². The molecule has 0 atom stereocenters. The van der Waals surface area contributed by atoms with E-state index < -0.39 is 0 Å². The zero-order valence-corrected chi connectivity index (χ0v) is 8.10. The second kappa shape index (κ2) is 4.11. The van der Waals surface area contributed by atoms with Gasteiger partial charge >= 0.3 is 0 Å². The van der Waals surface area contributed by atoms with Crippen molar-refractivity contribution in [1.29, 1.82) is 0 Å². The normalized spacial score (nSPS) is 10.6. The van der Waals surface area contributed by atoms with Crippen molar-refractivity contribution in [2.75, 3.05) is 25.6 Å². The number of pyridine rings is 1. The Balaban J connectivity index is 2.10. The van der Waals surface area contributed by atoms with E-state index in [1.165, 1.54) is 0 Å². The number of rotatable bonds is 4. The summed E-state index contributed by atoms with van der Waals surface area (Å²) in [6.07, 6.45) is 5.69. The van der Waals surface area contributed by atoms with Gasteiger partial charge in [0.1, 0.15) is 5.65 Å². The Morgan fingerprint density at radius 2 is 2.43 bits per heavy atom. The molecule has 74 valence electrons. The van der Waals surface area contributed by atoms with Crippen molar-refractivity contribution < 1.29 is 4.74 Å². The standard InChI is InChI=1S/C10H13N3O/c1-14-7-4-11-9-2-5-13-6-3-12-10(13)8-9/h2-3,5-6,8,11H,4,7H2,1H3. The predicted molar refractivity (Wildman–Crippen MR) is 55.6 cm³/mol. The molecule has 2 heterocycles. The van der Waals surface area contributed by atoms with Crippen molar-refractivity contribution in [3.05, 3.63) is 30.7 Å². The van der Waals surface area contributed by atoms with Gasteiger partial charge in [0.2, 0.25) is 0 Å². The highest BCUT2D eigenvalue weighted by Gasteiger charge is 1.95. The molecule has 0 aliphatic heterocycles. The third kappa shape index (κ3) is 1.85. The Hall–Kier alpha value is -1.55. The van der Waals surface area contributed by atoms with Crippen molar-refractivity contribution in [3.63, 3.8) is 0 Å². The first-order valence-corrected chi connectivity index (χ1v) is 4.55. The second-order valence-corrected chi connectivity index (χ2v) is 3.03. The average molecular weight is 191 g/mol. The van der Waals surface area contributed by atoms with Crippen LogP contribution in [0.15, 0.2) is 30.7 Å². The molecular formula is C10H13N3O. The van der Waals surface area contributed by atoms with Gasteiger partial charge in [0.05, 0.1) is 6.61 Å². The molecule has 0 spiro atoms. The first kappa shape index (κ1) is 9.02. The molecule has 0 fully saturated rings. The summed E-state index contributed by atoms with van der Waals surface area (Å²) in [5.41, 5.74) is 2.02. The van der Waals surface area contributed by atoms with Crippen LogP contribution in [-0.4, -0.2) is 29.6 Å². The lowest BCUT2D eigenvalue weighted by molar-refractivity contribution is 0.211. The second-order valence-electron chi connectivity index (χ2n) is 3.03. The molecule has 2 rings (SSSR count). The zero-order chi connectivity index (χ0) is 9.80. The van der Waals surface area contributed by atoms with Gasteiger partial charge in [-0.2, -0.15) is 0 Å². The molecule has 0 aromatic carbocycles. The quantitative estimate of drug-likeness (QED) is 0.742. The van der Waals surface area contributed by atoms with Gasteiger partial charge in [-0.3, -0.25) is 0 Å². The van der Waals surface area contributed by atoms with Crippen LogP contribution in [0.2, 0.25) is 0 Å². The van der Waals surface area contributed by atoms with Gasteiger partial charge in [0.15, 0.2) is 0 Å². The lowest BCUT2D eigenvalue weighted by Crippen LogP contribution is -2.07. The summed E-state index contributed by atoms with van der Waals surface area (Å²) >= 11 is 0. The fourth-order valence-corrected chi connectivity index (χ4v) is 1.32. The van der Waals surface area contributed by atoms with Gasteiger partial charge in [-0.25, -0.2) is 4.98 Å². The Morgan fingerprint density at radius 1 is 1.50 bits per heavy atom. The molecule has 0 unspecified atom stereocenters. The van der Waals surface area contributed by atoms with E-state index in [0.717, 1.165) is 17.9 Å². The van der Waals surface area contributed by atoms with E-state index in [0.29, 0.717) is 6.61 Å². The van der Waals surface area contributed by atoms with Crippen LogP contribution in [0.3, 0.4) is 0 Å². The van der Waals surface area contributed by atoms with Crippen LogP contribution in [-0.2, 0) is 4.74 Å². The Bertz CT molecular complexity index is 410. The number of nitrogens with one attached hydrogen (secondary N) is 1. The lowest BCUT2D eigenvalue weighted by Gasteiger charge is -2.05. The first-order chi connectivity index (χ1) is 6.90. The fraction of sp³-hybridized carbons (Fsp3) is 0.300. The van der Waals surface area contributed by atoms with Gasteiger partial charge < -0.3 is 14.5 Å². The van der Waals surface area contributed by atoms with Crippen LogP contribution in [0.4, 0.5) is 5.69 Å². The smallest absolute Gasteiger partial charge is 0.138 e. The minimum absolute atomic E-state index is 0.708. The molecule has 0 bridgehead atoms. The number of ether oxygens (including phenoxy) is 1. The molecule has 0 radical (unpaired) electrons. The summed E-state index contributed by atoms with van der Waals surface area (Å²) in [6.45, 7) is 1.52. The fourth-order valence-electron chi connectivity index (χ4n) is 1.32. The molecule has 4 heteroatoms. The Labute approximate surface area is 82.5 Å². The van der Waals surface area contributed by atoms with Crippen LogP contribution in [0, 0.1) is 0 Å². The number of anilines is 1. The molecule has 14 heavy (non-hydrogen) atoms. The Morgan fingerprint density at radius 3 is 3.29 bits per heavy atom. The van der Waals surface area contributed by atoms with Crippen LogP contribution >= 0.6 is 0 Å². The molecule has 0 amide bonds. The number of hydrogen-bond donors (Lipinski definition) is 1. The molecule has 0 saturated carbocycles. The molecule has 0 aliphatic rings. The topological polar surface area (TPSA) is 38.6 Å². The lowest BCUT2D eigenvalue weighted by atomic mass is 10.4. The van der Waals surface area contributed by atoms with Gasteiger partial charge in [-0.15, -0.1) is 0 Å². The highest BCUT2D eigenvalue weighted by atomic mass is 16.5. The van der Waals surface area contributed by atoms with Crippen LogP contribution in [0.25, 0.3) is 5.65 Å². The third-order valence-electron chi connectivity index (χ3n) is 2.03. The number of aromatic nitrogens is 2. The molecule has 2 aromatic heterocycles. The largest absolute Gasteiger partial charge is 0.383 e. The number of imidazole rings is 1. The summed E-state index contributed by atoms with van der Waals surface area (Å²) in [7, 11) is 1.69. The molecule has 1 N–H and O–H groups in total. The van der Waals surface area contributed by atoms with E-state index in [2.05, 4.69) is 10.3 Å². The van der Waals surface area contributed by atoms with Crippen LogP contribution in [0.5, 0.6) is 0 Å². The molecular weight excluding hydrogens is 178 g/mol. The van der Waals surface area contributed by atoms with Gasteiger partial charge in [-0.05, 0) is 6.07 Å². The van der Waals surface area contributed by atoms with E-state index in [9.17, 15) is 0 Å². The number of fused-ring (bicyclic) bond motifs is 1. The molecule has 0 saturated heterocycles. The molecule has 0 aliphatic carbocycles. The highest BCUT2D eigenvalue weighted by molar-refractivity contribution is 5.54. The van der Waals surface area contributed by atoms with Crippen molar-refractivity contribution >= 4 is 11.3 Å². The maximum Gasteiger partial charge on any atom is 0.138 e. The number of methoxy groups -OCH3 is 1. The van der Waals surface area contributed by atoms with Crippen molar-refractivity contribution in [3.8, 4) is 0 Å². The third-order valence-corrected chi connectivity index (χ3v) is 2.03. The Kier molecular flexibility index (Phi) is 2.65. The van der Waals surface area contributed by atoms with E-state index >= 15 is 0 Å². The summed E-state index contributed by atoms with van der Waals surface area (Å²) in [5.74, 6) is 0. The SMILES string of the molecule is COCCNc1ccn2ccnc2c1. The number of nitrogens with zero attached hydrogens (tertiary/aromatic N) is 2. The summed E-state index contributed by atoms with van der Waals surface area (Å²) < 4.78 is 6.93.